The number of hydrogen-bond donors (Lipinski definition) is 1. The molecule has 1 saturated heterocycles. The summed E-state index contributed by atoms with van der Waals surface area (Å²) in [6.07, 6.45) is 3.68. The van der Waals surface area contributed by atoms with Crippen molar-refractivity contribution in [1.29, 1.82) is 0 Å². The highest BCUT2D eigenvalue weighted by Crippen LogP contribution is 2.37. The van der Waals surface area contributed by atoms with Crippen LogP contribution >= 0.6 is 0 Å². The first-order valence-corrected chi connectivity index (χ1v) is 7.33. The van der Waals surface area contributed by atoms with Gasteiger partial charge in [0.1, 0.15) is 5.82 Å². The van der Waals surface area contributed by atoms with Crippen molar-refractivity contribution >= 4 is 11.6 Å². The number of hydrogen-bond acceptors (Lipinski definition) is 2. The lowest BCUT2D eigenvalue weighted by Gasteiger charge is -2.39. The van der Waals surface area contributed by atoms with Gasteiger partial charge in [-0.25, -0.2) is 4.39 Å². The molecular formula is C16H23FN2O. The second-order valence-electron chi connectivity index (χ2n) is 5.62. The summed E-state index contributed by atoms with van der Waals surface area (Å²) in [5.74, 6) is -0.118. The molecule has 1 amide bonds. The van der Waals surface area contributed by atoms with E-state index < -0.39 is 0 Å². The molecule has 20 heavy (non-hydrogen) atoms. The summed E-state index contributed by atoms with van der Waals surface area (Å²) in [5.41, 5.74) is 0.494. The van der Waals surface area contributed by atoms with Gasteiger partial charge in [-0.3, -0.25) is 4.79 Å². The minimum atomic E-state index is -0.278. The molecule has 1 aromatic carbocycles. The van der Waals surface area contributed by atoms with Crippen LogP contribution in [-0.4, -0.2) is 26.0 Å². The maximum Gasteiger partial charge on any atom is 0.233 e. The van der Waals surface area contributed by atoms with Crippen molar-refractivity contribution in [2.45, 2.75) is 32.6 Å². The summed E-state index contributed by atoms with van der Waals surface area (Å²) in [6.45, 7) is 3.90. The molecule has 1 N–H and O–H groups in total. The summed E-state index contributed by atoms with van der Waals surface area (Å²) in [5, 5.41) is 3.32. The fourth-order valence-electron chi connectivity index (χ4n) is 3.09. The molecule has 0 aliphatic carbocycles. The molecule has 4 heteroatoms. The van der Waals surface area contributed by atoms with E-state index in [-0.39, 0.29) is 17.1 Å². The second kappa shape index (κ2) is 6.35. The molecule has 0 unspecified atom stereocenters. The van der Waals surface area contributed by atoms with Gasteiger partial charge in [0, 0.05) is 12.7 Å². The van der Waals surface area contributed by atoms with Crippen molar-refractivity contribution in [1.82, 2.24) is 5.32 Å². The summed E-state index contributed by atoms with van der Waals surface area (Å²) < 4.78 is 13.0. The Kier molecular flexibility index (Phi) is 4.76. The molecule has 1 fully saturated rings. The highest BCUT2D eigenvalue weighted by Gasteiger charge is 2.40. The number of anilines is 1. The lowest BCUT2D eigenvalue weighted by atomic mass is 9.74. The number of benzene rings is 1. The number of carbonyl (C=O) groups excluding carboxylic acids is 1. The van der Waals surface area contributed by atoms with Crippen LogP contribution in [0.3, 0.4) is 0 Å². The molecule has 1 aromatic rings. The molecule has 1 aliphatic heterocycles. The predicted molar refractivity (Wildman–Crippen MR) is 79.3 cm³/mol. The van der Waals surface area contributed by atoms with E-state index in [1.807, 2.05) is 0 Å². The fraction of sp³-hybridized carbons (Fsp3) is 0.562. The van der Waals surface area contributed by atoms with Gasteiger partial charge in [-0.2, -0.15) is 0 Å². The summed E-state index contributed by atoms with van der Waals surface area (Å²) in [4.78, 5) is 14.6. The van der Waals surface area contributed by atoms with Gasteiger partial charge in [0.2, 0.25) is 5.91 Å². The molecule has 110 valence electrons. The van der Waals surface area contributed by atoms with Crippen molar-refractivity contribution in [3.63, 3.8) is 0 Å². The quantitative estimate of drug-likeness (QED) is 0.918. The predicted octanol–water partition coefficient (Wildman–Crippen LogP) is 2.96. The zero-order valence-electron chi connectivity index (χ0n) is 12.3. The summed E-state index contributed by atoms with van der Waals surface area (Å²) in [6, 6.07) is 6.12. The molecule has 0 saturated carbocycles. The van der Waals surface area contributed by atoms with Crippen molar-refractivity contribution in [3.8, 4) is 0 Å². The molecule has 3 nitrogen and oxygen atoms in total. The number of carbonyl (C=O) groups is 1. The van der Waals surface area contributed by atoms with E-state index in [4.69, 9.17) is 0 Å². The van der Waals surface area contributed by atoms with Crippen molar-refractivity contribution in [2.24, 2.45) is 5.41 Å². The zero-order valence-corrected chi connectivity index (χ0v) is 12.3. The molecular weight excluding hydrogens is 255 g/mol. The Labute approximate surface area is 120 Å². The van der Waals surface area contributed by atoms with Crippen molar-refractivity contribution < 1.29 is 9.18 Å². The van der Waals surface area contributed by atoms with Gasteiger partial charge in [-0.15, -0.1) is 0 Å². The first kappa shape index (κ1) is 15.0. The lowest BCUT2D eigenvalue weighted by Crippen LogP contribution is -2.48. The molecule has 0 bridgehead atoms. The number of halogens is 1. The molecule has 1 aliphatic rings. The van der Waals surface area contributed by atoms with Crippen LogP contribution in [0.15, 0.2) is 24.3 Å². The fourth-order valence-corrected chi connectivity index (χ4v) is 3.09. The number of piperidine rings is 1. The zero-order chi connectivity index (χ0) is 14.6. The highest BCUT2D eigenvalue weighted by atomic mass is 19.1. The monoisotopic (exact) mass is 278 g/mol. The van der Waals surface area contributed by atoms with Crippen LogP contribution in [0.5, 0.6) is 0 Å². The molecule has 0 radical (unpaired) electrons. The van der Waals surface area contributed by atoms with E-state index in [1.165, 1.54) is 12.1 Å². The molecule has 1 heterocycles. The Bertz CT molecular complexity index is 447. The van der Waals surface area contributed by atoms with Crippen LogP contribution in [0.25, 0.3) is 0 Å². The van der Waals surface area contributed by atoms with Crippen LogP contribution in [0.2, 0.25) is 0 Å². The Morgan fingerprint density at radius 3 is 2.45 bits per heavy atom. The molecule has 0 spiro atoms. The van der Waals surface area contributed by atoms with Gasteiger partial charge in [0.25, 0.3) is 0 Å². The first-order chi connectivity index (χ1) is 9.59. The maximum absolute atomic E-state index is 13.0. The van der Waals surface area contributed by atoms with E-state index in [2.05, 4.69) is 12.2 Å². The van der Waals surface area contributed by atoms with Gasteiger partial charge in [0.15, 0.2) is 0 Å². The highest BCUT2D eigenvalue weighted by molar-refractivity contribution is 5.97. The Hall–Kier alpha value is -1.42. The Morgan fingerprint density at radius 1 is 1.30 bits per heavy atom. The number of rotatable bonds is 4. The second-order valence-corrected chi connectivity index (χ2v) is 5.62. The van der Waals surface area contributed by atoms with Gasteiger partial charge in [-0.1, -0.05) is 13.3 Å². The molecule has 2 rings (SSSR count). The minimum absolute atomic E-state index is 0.160. The van der Waals surface area contributed by atoms with Gasteiger partial charge >= 0.3 is 0 Å². The number of nitrogens with one attached hydrogen (secondary N) is 1. The van der Waals surface area contributed by atoms with Crippen LogP contribution in [0.1, 0.15) is 32.6 Å². The lowest BCUT2D eigenvalue weighted by molar-refractivity contribution is -0.130. The van der Waals surface area contributed by atoms with Crippen LogP contribution in [-0.2, 0) is 4.79 Å². The van der Waals surface area contributed by atoms with E-state index in [0.29, 0.717) is 0 Å². The van der Waals surface area contributed by atoms with Gasteiger partial charge in [-0.05, 0) is 56.6 Å². The summed E-state index contributed by atoms with van der Waals surface area (Å²) >= 11 is 0. The maximum atomic E-state index is 13.0. The van der Waals surface area contributed by atoms with Crippen molar-refractivity contribution in [2.75, 3.05) is 25.0 Å². The van der Waals surface area contributed by atoms with E-state index in [1.54, 1.807) is 24.1 Å². The largest absolute Gasteiger partial charge is 0.317 e. The van der Waals surface area contributed by atoms with Gasteiger partial charge in [0.05, 0.1) is 5.41 Å². The average molecular weight is 278 g/mol. The average Bonchev–Trinajstić information content (AvgIpc) is 2.48. The normalized spacial score (nSPS) is 17.8. The Balaban J connectivity index is 2.20. The number of amides is 1. The van der Waals surface area contributed by atoms with E-state index >= 15 is 0 Å². The SMILES string of the molecule is CCCC1(C(=O)N(C)c2ccc(F)cc2)CCNCC1. The standard InChI is InChI=1S/C16H23FN2O/c1-3-8-16(9-11-18-12-10-16)15(20)19(2)14-6-4-13(17)5-7-14/h4-7,18H,3,8-12H2,1-2H3. The topological polar surface area (TPSA) is 32.3 Å². The Morgan fingerprint density at radius 2 is 1.90 bits per heavy atom. The van der Waals surface area contributed by atoms with Gasteiger partial charge < -0.3 is 10.2 Å². The molecule has 0 atom stereocenters. The van der Waals surface area contributed by atoms with E-state index in [0.717, 1.165) is 44.5 Å². The van der Waals surface area contributed by atoms with Crippen LogP contribution in [0, 0.1) is 11.2 Å². The third-order valence-corrected chi connectivity index (χ3v) is 4.26. The van der Waals surface area contributed by atoms with Crippen LogP contribution < -0.4 is 10.2 Å². The first-order valence-electron chi connectivity index (χ1n) is 7.33. The minimum Gasteiger partial charge on any atom is -0.317 e. The smallest absolute Gasteiger partial charge is 0.233 e. The third kappa shape index (κ3) is 3.01. The summed E-state index contributed by atoms with van der Waals surface area (Å²) in [7, 11) is 1.79. The number of nitrogens with zero attached hydrogens (tertiary/aromatic N) is 1. The van der Waals surface area contributed by atoms with E-state index in [9.17, 15) is 9.18 Å². The van der Waals surface area contributed by atoms with Crippen molar-refractivity contribution in [3.05, 3.63) is 30.1 Å². The third-order valence-electron chi connectivity index (χ3n) is 4.26. The molecule has 0 aromatic heterocycles. The van der Waals surface area contributed by atoms with Crippen LogP contribution in [0.4, 0.5) is 10.1 Å².